The van der Waals surface area contributed by atoms with Crippen LogP contribution in [0.4, 0.5) is 0 Å². The summed E-state index contributed by atoms with van der Waals surface area (Å²) in [6.07, 6.45) is 6.91. The molecule has 1 nitrogen and oxygen atoms in total. The number of Topliss-reactive ketones (excluding diaryl/α,β-unsaturated/α-hetero) is 1. The molecule has 0 radical (unpaired) electrons. The Kier molecular flexibility index (Phi) is 2.92. The van der Waals surface area contributed by atoms with E-state index in [1.807, 2.05) is 0 Å². The zero-order valence-corrected chi connectivity index (χ0v) is 11.3. The average Bonchev–Trinajstić information content (AvgIpc) is 2.57. The molecule has 0 N–H and O–H groups in total. The van der Waals surface area contributed by atoms with Crippen molar-refractivity contribution >= 4 is 5.78 Å². The van der Waals surface area contributed by atoms with Gasteiger partial charge in [0.2, 0.25) is 0 Å². The number of hydrogen-bond acceptors (Lipinski definition) is 1. The molecule has 2 aliphatic carbocycles. The van der Waals surface area contributed by atoms with Crippen LogP contribution in [0.25, 0.3) is 0 Å². The lowest BCUT2D eigenvalue weighted by Gasteiger charge is -2.46. The SMILES string of the molecule is CCC(C)(C)C1CCC2C(=O)CCCC21C. The number of rotatable bonds is 2. The van der Waals surface area contributed by atoms with Crippen molar-refractivity contribution in [2.45, 2.75) is 66.2 Å². The van der Waals surface area contributed by atoms with Crippen LogP contribution in [0.1, 0.15) is 66.2 Å². The molecule has 0 amide bonds. The van der Waals surface area contributed by atoms with E-state index >= 15 is 0 Å². The first-order valence-electron chi connectivity index (χ1n) is 6.94. The molecular formula is C15H26O. The fourth-order valence-corrected chi connectivity index (χ4v) is 4.46. The number of carbonyl (C=O) groups is 1. The predicted molar refractivity (Wildman–Crippen MR) is 67.3 cm³/mol. The maximum absolute atomic E-state index is 12.0. The zero-order chi connectivity index (χ0) is 12.0. The molecule has 0 spiro atoms. The molecule has 0 aliphatic heterocycles. The van der Waals surface area contributed by atoms with Gasteiger partial charge in [-0.3, -0.25) is 4.79 Å². The van der Waals surface area contributed by atoms with Gasteiger partial charge in [-0.2, -0.15) is 0 Å². The highest BCUT2D eigenvalue weighted by atomic mass is 16.1. The first-order valence-corrected chi connectivity index (χ1v) is 6.94. The molecule has 0 saturated heterocycles. The Morgan fingerprint density at radius 3 is 2.69 bits per heavy atom. The fraction of sp³-hybridized carbons (Fsp3) is 0.933. The Morgan fingerprint density at radius 1 is 1.38 bits per heavy atom. The molecule has 0 aromatic heterocycles. The lowest BCUT2D eigenvalue weighted by Crippen LogP contribution is -2.42. The summed E-state index contributed by atoms with van der Waals surface area (Å²) in [6, 6.07) is 0. The van der Waals surface area contributed by atoms with Crippen LogP contribution in [0.2, 0.25) is 0 Å². The van der Waals surface area contributed by atoms with Crippen LogP contribution in [-0.2, 0) is 4.79 Å². The number of carbonyl (C=O) groups excluding carboxylic acids is 1. The second kappa shape index (κ2) is 3.85. The summed E-state index contributed by atoms with van der Waals surface area (Å²) in [7, 11) is 0. The smallest absolute Gasteiger partial charge is 0.136 e. The Balaban J connectivity index is 2.28. The molecule has 3 unspecified atom stereocenters. The maximum atomic E-state index is 12.0. The normalized spacial score (nSPS) is 39.9. The number of fused-ring (bicyclic) bond motifs is 1. The van der Waals surface area contributed by atoms with Gasteiger partial charge in [0.25, 0.3) is 0 Å². The van der Waals surface area contributed by atoms with Crippen LogP contribution in [0.3, 0.4) is 0 Å². The van der Waals surface area contributed by atoms with Gasteiger partial charge in [-0.25, -0.2) is 0 Å². The molecule has 0 aromatic rings. The molecule has 16 heavy (non-hydrogen) atoms. The van der Waals surface area contributed by atoms with E-state index in [2.05, 4.69) is 27.7 Å². The average molecular weight is 222 g/mol. The molecule has 3 atom stereocenters. The lowest BCUT2D eigenvalue weighted by atomic mass is 9.58. The van der Waals surface area contributed by atoms with Gasteiger partial charge < -0.3 is 0 Å². The molecule has 2 aliphatic rings. The first-order chi connectivity index (χ1) is 7.42. The standard InChI is InChI=1S/C15H26O/c1-5-14(2,3)13-9-8-11-12(16)7-6-10-15(11,13)4/h11,13H,5-10H2,1-4H3. The van der Waals surface area contributed by atoms with E-state index in [4.69, 9.17) is 0 Å². The van der Waals surface area contributed by atoms with Crippen molar-refractivity contribution in [3.63, 3.8) is 0 Å². The monoisotopic (exact) mass is 222 g/mol. The molecule has 92 valence electrons. The Morgan fingerprint density at radius 2 is 2.06 bits per heavy atom. The van der Waals surface area contributed by atoms with E-state index in [9.17, 15) is 4.79 Å². The van der Waals surface area contributed by atoms with Crippen molar-refractivity contribution in [2.24, 2.45) is 22.7 Å². The van der Waals surface area contributed by atoms with Crippen LogP contribution < -0.4 is 0 Å². The third-order valence-corrected chi connectivity index (χ3v) is 5.72. The number of ketones is 1. The second-order valence-corrected chi connectivity index (χ2v) is 6.85. The Hall–Kier alpha value is -0.330. The topological polar surface area (TPSA) is 17.1 Å². The van der Waals surface area contributed by atoms with E-state index in [1.54, 1.807) is 0 Å². The molecule has 0 bridgehead atoms. The highest BCUT2D eigenvalue weighted by Gasteiger charge is 2.54. The van der Waals surface area contributed by atoms with Crippen molar-refractivity contribution in [3.05, 3.63) is 0 Å². The molecular weight excluding hydrogens is 196 g/mol. The fourth-order valence-electron chi connectivity index (χ4n) is 4.46. The van der Waals surface area contributed by atoms with E-state index in [-0.39, 0.29) is 0 Å². The summed E-state index contributed by atoms with van der Waals surface area (Å²) in [5.74, 6) is 1.69. The van der Waals surface area contributed by atoms with Crippen LogP contribution in [-0.4, -0.2) is 5.78 Å². The van der Waals surface area contributed by atoms with Crippen LogP contribution in [0.5, 0.6) is 0 Å². The van der Waals surface area contributed by atoms with Gasteiger partial charge in [0.05, 0.1) is 0 Å². The van der Waals surface area contributed by atoms with Gasteiger partial charge in [-0.1, -0.05) is 34.1 Å². The van der Waals surface area contributed by atoms with Crippen molar-refractivity contribution in [3.8, 4) is 0 Å². The molecule has 2 fully saturated rings. The van der Waals surface area contributed by atoms with Crippen molar-refractivity contribution in [1.82, 2.24) is 0 Å². The summed E-state index contributed by atoms with van der Waals surface area (Å²) in [6.45, 7) is 9.47. The van der Waals surface area contributed by atoms with Gasteiger partial charge in [0.1, 0.15) is 5.78 Å². The minimum atomic E-state index is 0.314. The Labute approximate surface area is 100.0 Å². The van der Waals surface area contributed by atoms with Gasteiger partial charge in [0.15, 0.2) is 0 Å². The summed E-state index contributed by atoms with van der Waals surface area (Å²) in [4.78, 5) is 12.0. The van der Waals surface area contributed by atoms with Crippen molar-refractivity contribution in [2.75, 3.05) is 0 Å². The van der Waals surface area contributed by atoms with E-state index in [0.29, 0.717) is 22.5 Å². The van der Waals surface area contributed by atoms with Crippen LogP contribution in [0.15, 0.2) is 0 Å². The third kappa shape index (κ3) is 1.63. The molecule has 1 heteroatoms. The van der Waals surface area contributed by atoms with Crippen LogP contribution >= 0.6 is 0 Å². The van der Waals surface area contributed by atoms with Crippen LogP contribution in [0, 0.1) is 22.7 Å². The maximum Gasteiger partial charge on any atom is 0.136 e. The summed E-state index contributed by atoms with van der Waals surface area (Å²) in [5, 5.41) is 0. The van der Waals surface area contributed by atoms with Gasteiger partial charge >= 0.3 is 0 Å². The molecule has 2 saturated carbocycles. The third-order valence-electron chi connectivity index (χ3n) is 5.72. The van der Waals surface area contributed by atoms with E-state index in [0.717, 1.165) is 25.2 Å². The van der Waals surface area contributed by atoms with Gasteiger partial charge in [0, 0.05) is 12.3 Å². The molecule has 0 heterocycles. The van der Waals surface area contributed by atoms with Gasteiger partial charge in [-0.05, 0) is 42.4 Å². The van der Waals surface area contributed by atoms with Crippen molar-refractivity contribution in [1.29, 1.82) is 0 Å². The summed E-state index contributed by atoms with van der Waals surface area (Å²) >= 11 is 0. The highest BCUT2D eigenvalue weighted by molar-refractivity contribution is 5.83. The molecule has 2 rings (SSSR count). The molecule has 0 aromatic carbocycles. The lowest BCUT2D eigenvalue weighted by molar-refractivity contribution is -0.130. The quantitative estimate of drug-likeness (QED) is 0.684. The predicted octanol–water partition coefficient (Wildman–Crippen LogP) is 4.21. The zero-order valence-electron chi connectivity index (χ0n) is 11.3. The van der Waals surface area contributed by atoms with E-state index in [1.165, 1.54) is 19.3 Å². The van der Waals surface area contributed by atoms with Gasteiger partial charge in [-0.15, -0.1) is 0 Å². The summed E-state index contributed by atoms with van der Waals surface area (Å²) < 4.78 is 0. The minimum absolute atomic E-state index is 0.314. The summed E-state index contributed by atoms with van der Waals surface area (Å²) in [5.41, 5.74) is 0.718. The second-order valence-electron chi connectivity index (χ2n) is 6.85. The number of hydrogen-bond donors (Lipinski definition) is 0. The highest BCUT2D eigenvalue weighted by Crippen LogP contribution is 2.60. The van der Waals surface area contributed by atoms with Crippen molar-refractivity contribution < 1.29 is 4.79 Å². The first kappa shape index (κ1) is 12.1. The largest absolute Gasteiger partial charge is 0.299 e. The minimum Gasteiger partial charge on any atom is -0.299 e. The van der Waals surface area contributed by atoms with E-state index < -0.39 is 0 Å². The Bertz CT molecular complexity index is 292.